The fourth-order valence-corrected chi connectivity index (χ4v) is 4.24. The van der Waals surface area contributed by atoms with E-state index in [9.17, 15) is 9.46 Å². The van der Waals surface area contributed by atoms with E-state index in [1.165, 1.54) is 5.56 Å². The van der Waals surface area contributed by atoms with Gasteiger partial charge in [-0.25, -0.2) is 0 Å². The minimum absolute atomic E-state index is 0.208. The molecule has 110 valence electrons. The smallest absolute Gasteiger partial charge is 0.211 e. The van der Waals surface area contributed by atoms with Gasteiger partial charge in [0, 0.05) is 0 Å². The van der Waals surface area contributed by atoms with Crippen LogP contribution in [0.25, 0.3) is 0 Å². The number of hydrogen-bond acceptors (Lipinski definition) is 1. The maximum absolute atomic E-state index is 12.6. The molecular formula is C18H21O2P. The fraction of sp³-hybridized carbons (Fsp3) is 0.222. The molecule has 2 aromatic carbocycles. The number of allylic oxidation sites excluding steroid dienone is 1. The lowest BCUT2D eigenvalue weighted by atomic mass is 10.1. The lowest BCUT2D eigenvalue weighted by molar-refractivity contribution is 0.465. The first-order chi connectivity index (χ1) is 10.1. The highest BCUT2D eigenvalue weighted by Crippen LogP contribution is 2.51. The highest BCUT2D eigenvalue weighted by atomic mass is 31.2. The van der Waals surface area contributed by atoms with Gasteiger partial charge in [-0.1, -0.05) is 66.7 Å². The third-order valence-electron chi connectivity index (χ3n) is 3.61. The Morgan fingerprint density at radius 3 is 2.05 bits per heavy atom. The van der Waals surface area contributed by atoms with Crippen LogP contribution in [0.4, 0.5) is 0 Å². The van der Waals surface area contributed by atoms with E-state index in [0.29, 0.717) is 6.42 Å². The Hall–Kier alpha value is -1.63. The first-order valence-corrected chi connectivity index (χ1v) is 9.05. The molecule has 2 aromatic rings. The van der Waals surface area contributed by atoms with E-state index >= 15 is 0 Å². The Labute approximate surface area is 126 Å². The van der Waals surface area contributed by atoms with Crippen LogP contribution in [0.3, 0.4) is 0 Å². The van der Waals surface area contributed by atoms with Crippen LogP contribution in [0, 0.1) is 0 Å². The number of benzene rings is 2. The Kier molecular flexibility index (Phi) is 5.55. The number of hydrogen-bond donors (Lipinski definition) is 1. The van der Waals surface area contributed by atoms with Crippen molar-refractivity contribution in [3.05, 3.63) is 84.4 Å². The van der Waals surface area contributed by atoms with Gasteiger partial charge in [-0.3, -0.25) is 4.57 Å². The van der Waals surface area contributed by atoms with Crippen molar-refractivity contribution in [3.8, 4) is 0 Å². The predicted octanol–water partition coefficient (Wildman–Crippen LogP) is 4.64. The average molecular weight is 300 g/mol. The Morgan fingerprint density at radius 2 is 1.52 bits per heavy atom. The summed E-state index contributed by atoms with van der Waals surface area (Å²) < 4.78 is 12.6. The van der Waals surface area contributed by atoms with E-state index in [0.717, 1.165) is 12.0 Å². The van der Waals surface area contributed by atoms with E-state index in [2.05, 4.69) is 6.58 Å². The zero-order valence-electron chi connectivity index (χ0n) is 12.1. The van der Waals surface area contributed by atoms with Crippen LogP contribution >= 0.6 is 7.37 Å². The summed E-state index contributed by atoms with van der Waals surface area (Å²) in [5.41, 5.74) is 1.72. The third-order valence-corrected chi connectivity index (χ3v) is 5.94. The zero-order valence-corrected chi connectivity index (χ0v) is 13.0. The van der Waals surface area contributed by atoms with Gasteiger partial charge >= 0.3 is 0 Å². The van der Waals surface area contributed by atoms with Crippen LogP contribution in [0.5, 0.6) is 0 Å². The summed E-state index contributed by atoms with van der Waals surface area (Å²) >= 11 is 0. The molecule has 3 heteroatoms. The first-order valence-electron chi connectivity index (χ1n) is 7.14. The van der Waals surface area contributed by atoms with E-state index in [1.54, 1.807) is 6.08 Å². The molecule has 1 N–H and O–H groups in total. The van der Waals surface area contributed by atoms with Crippen molar-refractivity contribution in [2.24, 2.45) is 0 Å². The minimum Gasteiger partial charge on any atom is -0.344 e. The van der Waals surface area contributed by atoms with Crippen molar-refractivity contribution in [2.75, 3.05) is 0 Å². The molecule has 2 nitrogen and oxygen atoms in total. The lowest BCUT2D eigenvalue weighted by Crippen LogP contribution is -2.08. The molecule has 0 aliphatic heterocycles. The topological polar surface area (TPSA) is 37.3 Å². The Morgan fingerprint density at radius 1 is 1.00 bits per heavy atom. The van der Waals surface area contributed by atoms with Crippen molar-refractivity contribution < 1.29 is 9.46 Å². The quantitative estimate of drug-likeness (QED) is 0.597. The van der Waals surface area contributed by atoms with Crippen molar-refractivity contribution >= 4 is 7.37 Å². The summed E-state index contributed by atoms with van der Waals surface area (Å²) in [4.78, 5) is 10.4. The van der Waals surface area contributed by atoms with Gasteiger partial charge in [0.25, 0.3) is 0 Å². The van der Waals surface area contributed by atoms with Crippen molar-refractivity contribution in [1.29, 1.82) is 0 Å². The van der Waals surface area contributed by atoms with E-state index in [4.69, 9.17) is 0 Å². The standard InChI is InChI=1S/C18H21O2P/c1-2-18(14-13-16-9-5-3-6-10-16)21(19,20)15-17-11-7-4-8-12-17/h2-12,18H,1,13-15H2,(H,19,20). The Balaban J connectivity index is 2.02. The lowest BCUT2D eigenvalue weighted by Gasteiger charge is -2.20. The fourth-order valence-electron chi connectivity index (χ4n) is 2.41. The van der Waals surface area contributed by atoms with Crippen molar-refractivity contribution in [3.63, 3.8) is 0 Å². The molecule has 0 radical (unpaired) electrons. The van der Waals surface area contributed by atoms with Crippen LogP contribution in [0.2, 0.25) is 0 Å². The van der Waals surface area contributed by atoms with Gasteiger partial charge in [0.15, 0.2) is 0 Å². The molecule has 0 amide bonds. The Bertz CT molecular complexity index is 608. The molecule has 0 aliphatic carbocycles. The van der Waals surface area contributed by atoms with Crippen LogP contribution in [0.1, 0.15) is 17.5 Å². The van der Waals surface area contributed by atoms with Gasteiger partial charge in [0.1, 0.15) is 0 Å². The molecule has 0 saturated heterocycles. The monoisotopic (exact) mass is 300 g/mol. The maximum Gasteiger partial charge on any atom is 0.211 e. The molecule has 2 atom stereocenters. The molecule has 2 unspecified atom stereocenters. The molecule has 0 aromatic heterocycles. The van der Waals surface area contributed by atoms with Crippen LogP contribution in [-0.2, 0) is 17.1 Å². The SMILES string of the molecule is C=CC(CCc1ccccc1)P(=O)(O)Cc1ccccc1. The molecular weight excluding hydrogens is 279 g/mol. The second kappa shape index (κ2) is 7.40. The second-order valence-electron chi connectivity index (χ2n) is 5.23. The summed E-state index contributed by atoms with van der Waals surface area (Å²) in [5.74, 6) is 0. The second-order valence-corrected chi connectivity index (χ2v) is 7.72. The van der Waals surface area contributed by atoms with Crippen LogP contribution in [-0.4, -0.2) is 10.6 Å². The summed E-state index contributed by atoms with van der Waals surface area (Å²) in [7, 11) is -3.28. The predicted molar refractivity (Wildman–Crippen MR) is 88.7 cm³/mol. The van der Waals surface area contributed by atoms with Crippen LogP contribution < -0.4 is 0 Å². The third kappa shape index (κ3) is 4.70. The van der Waals surface area contributed by atoms with Gasteiger partial charge in [-0.05, 0) is 24.0 Å². The highest BCUT2D eigenvalue weighted by molar-refractivity contribution is 7.58. The molecule has 0 saturated carbocycles. The minimum atomic E-state index is -3.28. The molecule has 2 rings (SSSR count). The molecule has 0 spiro atoms. The molecule has 0 bridgehead atoms. The molecule has 0 fully saturated rings. The first kappa shape index (κ1) is 15.8. The van der Waals surface area contributed by atoms with E-state index < -0.39 is 7.37 Å². The van der Waals surface area contributed by atoms with Gasteiger partial charge in [0.2, 0.25) is 7.37 Å². The molecule has 0 aliphatic rings. The average Bonchev–Trinajstić information content (AvgIpc) is 2.49. The highest BCUT2D eigenvalue weighted by Gasteiger charge is 2.28. The summed E-state index contributed by atoms with van der Waals surface area (Å²) in [6.07, 6.45) is 3.27. The summed E-state index contributed by atoms with van der Waals surface area (Å²) in [5, 5.41) is 0. The van der Waals surface area contributed by atoms with Crippen molar-refractivity contribution in [1.82, 2.24) is 0 Å². The van der Waals surface area contributed by atoms with E-state index in [-0.39, 0.29) is 11.8 Å². The largest absolute Gasteiger partial charge is 0.344 e. The maximum atomic E-state index is 12.6. The number of rotatable bonds is 7. The van der Waals surface area contributed by atoms with E-state index in [1.807, 2.05) is 60.7 Å². The van der Waals surface area contributed by atoms with Crippen molar-refractivity contribution in [2.45, 2.75) is 24.7 Å². The summed E-state index contributed by atoms with van der Waals surface area (Å²) in [6.45, 7) is 3.75. The van der Waals surface area contributed by atoms with Gasteiger partial charge in [0.05, 0.1) is 11.8 Å². The van der Waals surface area contributed by atoms with Gasteiger partial charge in [-0.15, -0.1) is 6.58 Å². The number of aryl methyl sites for hydroxylation is 1. The molecule has 21 heavy (non-hydrogen) atoms. The van der Waals surface area contributed by atoms with Crippen LogP contribution in [0.15, 0.2) is 73.3 Å². The van der Waals surface area contributed by atoms with Gasteiger partial charge in [-0.2, -0.15) is 0 Å². The zero-order chi connectivity index (χ0) is 15.1. The molecule has 0 heterocycles. The van der Waals surface area contributed by atoms with Gasteiger partial charge < -0.3 is 4.89 Å². The normalized spacial score (nSPS) is 15.1. The summed E-state index contributed by atoms with van der Waals surface area (Å²) in [6, 6.07) is 19.5.